The first-order valence-corrected chi connectivity index (χ1v) is 7.12. The van der Waals surface area contributed by atoms with Gasteiger partial charge >= 0.3 is 0 Å². The number of rotatable bonds is 2. The van der Waals surface area contributed by atoms with E-state index in [1.165, 1.54) is 0 Å². The Morgan fingerprint density at radius 2 is 2.19 bits per heavy atom. The van der Waals surface area contributed by atoms with E-state index >= 15 is 0 Å². The largest absolute Gasteiger partial charge is 0.381 e. The summed E-state index contributed by atoms with van der Waals surface area (Å²) in [5.41, 5.74) is 4.15. The molecule has 1 unspecified atom stereocenters. The molecule has 1 aromatic rings. The molecule has 0 bridgehead atoms. The summed E-state index contributed by atoms with van der Waals surface area (Å²) in [6, 6.07) is 5.32. The predicted molar refractivity (Wildman–Crippen MR) is 73.7 cm³/mol. The minimum absolute atomic E-state index is 0.0320. The van der Waals surface area contributed by atoms with Crippen LogP contribution in [0.25, 0.3) is 0 Å². The number of carbonyl (C=O) groups excluding carboxylic acids is 2. The fourth-order valence-electron chi connectivity index (χ4n) is 2.94. The second-order valence-electron chi connectivity index (χ2n) is 5.49. The van der Waals surface area contributed by atoms with Crippen molar-refractivity contribution in [1.29, 1.82) is 0 Å². The SMILES string of the molecule is O=C(NO)c1ccc2c(c1)CN(C(=O)C1CCOC1)CC2. The molecule has 1 fully saturated rings. The van der Waals surface area contributed by atoms with Crippen molar-refractivity contribution < 1.29 is 19.5 Å². The molecule has 21 heavy (non-hydrogen) atoms. The Bertz CT molecular complexity index is 567. The van der Waals surface area contributed by atoms with Gasteiger partial charge in [0.25, 0.3) is 5.91 Å². The maximum atomic E-state index is 12.4. The number of nitrogens with zero attached hydrogens (tertiary/aromatic N) is 1. The Morgan fingerprint density at radius 1 is 1.33 bits per heavy atom. The third-order valence-corrected chi connectivity index (χ3v) is 4.17. The van der Waals surface area contributed by atoms with Gasteiger partial charge in [-0.1, -0.05) is 6.07 Å². The number of carbonyl (C=O) groups is 2. The molecule has 3 rings (SSSR count). The van der Waals surface area contributed by atoms with E-state index in [-0.39, 0.29) is 11.8 Å². The van der Waals surface area contributed by atoms with Crippen molar-refractivity contribution in [3.05, 3.63) is 34.9 Å². The van der Waals surface area contributed by atoms with Crippen LogP contribution in [0.15, 0.2) is 18.2 Å². The lowest BCUT2D eigenvalue weighted by Gasteiger charge is -2.30. The summed E-state index contributed by atoms with van der Waals surface area (Å²) in [4.78, 5) is 25.7. The minimum atomic E-state index is -0.537. The number of fused-ring (bicyclic) bond motifs is 1. The van der Waals surface area contributed by atoms with Gasteiger partial charge in [-0.25, -0.2) is 5.48 Å². The fourth-order valence-corrected chi connectivity index (χ4v) is 2.94. The highest BCUT2D eigenvalue weighted by Gasteiger charge is 2.30. The van der Waals surface area contributed by atoms with Crippen molar-refractivity contribution in [2.75, 3.05) is 19.8 Å². The Labute approximate surface area is 122 Å². The van der Waals surface area contributed by atoms with Crippen LogP contribution in [0.3, 0.4) is 0 Å². The number of hydrogen-bond donors (Lipinski definition) is 2. The molecular formula is C15H18N2O4. The van der Waals surface area contributed by atoms with Crippen molar-refractivity contribution in [2.24, 2.45) is 5.92 Å². The monoisotopic (exact) mass is 290 g/mol. The summed E-state index contributed by atoms with van der Waals surface area (Å²) in [6.45, 7) is 2.38. The lowest BCUT2D eigenvalue weighted by Crippen LogP contribution is -2.40. The van der Waals surface area contributed by atoms with E-state index in [4.69, 9.17) is 9.94 Å². The van der Waals surface area contributed by atoms with Crippen molar-refractivity contribution in [3.63, 3.8) is 0 Å². The number of hydrogen-bond acceptors (Lipinski definition) is 4. The smallest absolute Gasteiger partial charge is 0.274 e. The molecule has 1 aromatic carbocycles. The summed E-state index contributed by atoms with van der Waals surface area (Å²) in [5.74, 6) is -0.434. The van der Waals surface area contributed by atoms with E-state index < -0.39 is 5.91 Å². The first-order chi connectivity index (χ1) is 10.2. The van der Waals surface area contributed by atoms with E-state index in [0.717, 1.165) is 24.0 Å². The lowest BCUT2D eigenvalue weighted by atomic mass is 9.96. The van der Waals surface area contributed by atoms with E-state index in [1.807, 2.05) is 11.0 Å². The molecule has 2 aliphatic rings. The topological polar surface area (TPSA) is 78.9 Å². The highest BCUT2D eigenvalue weighted by molar-refractivity contribution is 5.93. The van der Waals surface area contributed by atoms with Crippen molar-refractivity contribution in [3.8, 4) is 0 Å². The van der Waals surface area contributed by atoms with Crippen LogP contribution in [0.1, 0.15) is 27.9 Å². The molecule has 0 radical (unpaired) electrons. The van der Waals surface area contributed by atoms with Gasteiger partial charge in [0, 0.05) is 25.3 Å². The Balaban J connectivity index is 1.77. The number of nitrogens with one attached hydrogen (secondary N) is 1. The molecule has 0 aliphatic carbocycles. The van der Waals surface area contributed by atoms with Gasteiger partial charge in [-0.05, 0) is 36.1 Å². The second-order valence-corrected chi connectivity index (χ2v) is 5.49. The average molecular weight is 290 g/mol. The Morgan fingerprint density at radius 3 is 2.90 bits per heavy atom. The van der Waals surface area contributed by atoms with Crippen LogP contribution in [0.4, 0.5) is 0 Å². The third kappa shape index (κ3) is 2.77. The van der Waals surface area contributed by atoms with Gasteiger partial charge in [0.05, 0.1) is 12.5 Å². The molecule has 2 N–H and O–H groups in total. The summed E-state index contributed by atoms with van der Waals surface area (Å²) in [7, 11) is 0. The molecule has 6 nitrogen and oxygen atoms in total. The maximum Gasteiger partial charge on any atom is 0.274 e. The van der Waals surface area contributed by atoms with Crippen LogP contribution in [0, 0.1) is 5.92 Å². The zero-order chi connectivity index (χ0) is 14.8. The first kappa shape index (κ1) is 14.0. The first-order valence-electron chi connectivity index (χ1n) is 7.12. The Hall–Kier alpha value is -1.92. The van der Waals surface area contributed by atoms with Crippen LogP contribution >= 0.6 is 0 Å². The van der Waals surface area contributed by atoms with Gasteiger partial charge < -0.3 is 9.64 Å². The fraction of sp³-hybridized carbons (Fsp3) is 0.467. The quantitative estimate of drug-likeness (QED) is 0.621. The molecule has 112 valence electrons. The molecule has 0 saturated carbocycles. The van der Waals surface area contributed by atoms with Gasteiger partial charge in [-0.2, -0.15) is 0 Å². The summed E-state index contributed by atoms with van der Waals surface area (Å²) in [5, 5.41) is 8.70. The van der Waals surface area contributed by atoms with E-state index in [1.54, 1.807) is 17.6 Å². The van der Waals surface area contributed by atoms with Crippen LogP contribution < -0.4 is 5.48 Å². The van der Waals surface area contributed by atoms with Crippen LogP contribution in [0.5, 0.6) is 0 Å². The molecule has 0 aromatic heterocycles. The Kier molecular flexibility index (Phi) is 3.90. The predicted octanol–water partition coefficient (Wildman–Crippen LogP) is 0.727. The number of ether oxygens (including phenoxy) is 1. The highest BCUT2D eigenvalue weighted by Crippen LogP contribution is 2.24. The van der Waals surface area contributed by atoms with Crippen LogP contribution in [-0.4, -0.2) is 41.7 Å². The number of hydroxylamine groups is 1. The summed E-state index contributed by atoms with van der Waals surface area (Å²) < 4.78 is 5.28. The van der Waals surface area contributed by atoms with Crippen LogP contribution in [-0.2, 0) is 22.5 Å². The van der Waals surface area contributed by atoms with E-state index in [2.05, 4.69) is 0 Å². The van der Waals surface area contributed by atoms with Crippen molar-refractivity contribution in [2.45, 2.75) is 19.4 Å². The molecule has 2 amide bonds. The lowest BCUT2D eigenvalue weighted by molar-refractivity contribution is -0.136. The van der Waals surface area contributed by atoms with Gasteiger partial charge in [0.1, 0.15) is 0 Å². The normalized spacial score (nSPS) is 21.0. The van der Waals surface area contributed by atoms with Crippen molar-refractivity contribution >= 4 is 11.8 Å². The summed E-state index contributed by atoms with van der Waals surface area (Å²) in [6.07, 6.45) is 1.57. The standard InChI is InChI=1S/C15H18N2O4/c18-14(16-20)11-2-1-10-3-5-17(8-13(10)7-11)15(19)12-4-6-21-9-12/h1-2,7,12,20H,3-6,8-9H2,(H,16,18). The molecule has 1 saturated heterocycles. The third-order valence-electron chi connectivity index (χ3n) is 4.17. The van der Waals surface area contributed by atoms with Crippen molar-refractivity contribution in [1.82, 2.24) is 10.4 Å². The zero-order valence-electron chi connectivity index (χ0n) is 11.7. The minimum Gasteiger partial charge on any atom is -0.381 e. The number of benzene rings is 1. The van der Waals surface area contributed by atoms with E-state index in [9.17, 15) is 9.59 Å². The van der Waals surface area contributed by atoms with Gasteiger partial charge in [-0.15, -0.1) is 0 Å². The molecule has 6 heteroatoms. The van der Waals surface area contributed by atoms with Gasteiger partial charge in [0.15, 0.2) is 0 Å². The summed E-state index contributed by atoms with van der Waals surface area (Å²) >= 11 is 0. The van der Waals surface area contributed by atoms with Gasteiger partial charge in [0.2, 0.25) is 5.91 Å². The van der Waals surface area contributed by atoms with E-state index in [0.29, 0.717) is 31.9 Å². The van der Waals surface area contributed by atoms with Gasteiger partial charge in [-0.3, -0.25) is 14.8 Å². The molecule has 2 aliphatic heterocycles. The molecule has 0 spiro atoms. The van der Waals surface area contributed by atoms with Crippen LogP contribution in [0.2, 0.25) is 0 Å². The average Bonchev–Trinajstić information content (AvgIpc) is 3.06. The zero-order valence-corrected chi connectivity index (χ0v) is 11.7. The second kappa shape index (κ2) is 5.83. The highest BCUT2D eigenvalue weighted by atomic mass is 16.5. The molecule has 2 heterocycles. The number of amides is 2. The molecular weight excluding hydrogens is 272 g/mol. The molecule has 1 atom stereocenters. The maximum absolute atomic E-state index is 12.4.